The quantitative estimate of drug-likeness (QED) is 0.798. The highest BCUT2D eigenvalue weighted by Crippen LogP contribution is 2.06. The van der Waals surface area contributed by atoms with Crippen LogP contribution in [0.3, 0.4) is 0 Å². The molecule has 0 bridgehead atoms. The Kier molecular flexibility index (Phi) is 4.76. The van der Waals surface area contributed by atoms with Crippen LogP contribution in [0.1, 0.15) is 30.6 Å². The van der Waals surface area contributed by atoms with Gasteiger partial charge in [-0.1, -0.05) is 13.8 Å². The third kappa shape index (κ3) is 3.88. The Labute approximate surface area is 96.5 Å². The zero-order valence-corrected chi connectivity index (χ0v) is 10.1. The Morgan fingerprint density at radius 1 is 1.50 bits per heavy atom. The number of aromatic nitrogens is 1. The van der Waals surface area contributed by atoms with Crippen LogP contribution in [0, 0.1) is 5.92 Å². The second-order valence-corrected chi connectivity index (χ2v) is 4.12. The van der Waals surface area contributed by atoms with Crippen LogP contribution in [0.5, 0.6) is 0 Å². The van der Waals surface area contributed by atoms with Gasteiger partial charge in [-0.05, 0) is 24.5 Å². The van der Waals surface area contributed by atoms with Gasteiger partial charge >= 0.3 is 0 Å². The lowest BCUT2D eigenvalue weighted by molar-refractivity contribution is 0.0952. The second-order valence-electron chi connectivity index (χ2n) is 4.12. The topological polar surface area (TPSA) is 54.0 Å². The zero-order valence-electron chi connectivity index (χ0n) is 10.1. The first kappa shape index (κ1) is 12.5. The van der Waals surface area contributed by atoms with E-state index in [0.717, 1.165) is 6.42 Å². The van der Waals surface area contributed by atoms with E-state index in [4.69, 9.17) is 0 Å². The van der Waals surface area contributed by atoms with Crippen molar-refractivity contribution in [1.82, 2.24) is 10.3 Å². The molecular weight excluding hydrogens is 202 g/mol. The minimum Gasteiger partial charge on any atom is -0.373 e. The Balaban J connectivity index is 2.52. The summed E-state index contributed by atoms with van der Waals surface area (Å²) in [5.41, 5.74) is 0.642. The molecule has 1 rings (SSSR count). The van der Waals surface area contributed by atoms with Crippen LogP contribution in [0.2, 0.25) is 0 Å². The van der Waals surface area contributed by atoms with E-state index in [-0.39, 0.29) is 5.91 Å². The molecule has 4 nitrogen and oxygen atoms in total. The number of rotatable bonds is 5. The van der Waals surface area contributed by atoms with Gasteiger partial charge in [-0.15, -0.1) is 0 Å². The van der Waals surface area contributed by atoms with Crippen LogP contribution < -0.4 is 10.6 Å². The van der Waals surface area contributed by atoms with Gasteiger partial charge in [0.1, 0.15) is 5.82 Å². The summed E-state index contributed by atoms with van der Waals surface area (Å²) in [7, 11) is 1.78. The van der Waals surface area contributed by atoms with Crippen molar-refractivity contribution in [3.63, 3.8) is 0 Å². The average Bonchev–Trinajstić information content (AvgIpc) is 2.28. The third-order valence-electron chi connectivity index (χ3n) is 2.29. The molecule has 0 aliphatic carbocycles. The monoisotopic (exact) mass is 221 g/mol. The van der Waals surface area contributed by atoms with E-state index in [9.17, 15) is 4.79 Å². The molecule has 0 aliphatic rings. The summed E-state index contributed by atoms with van der Waals surface area (Å²) in [6.45, 7) is 4.99. The SMILES string of the molecule is CNc1cc(C(=O)NCCC(C)C)ccn1. The van der Waals surface area contributed by atoms with Crippen LogP contribution in [0.15, 0.2) is 18.3 Å². The summed E-state index contributed by atoms with van der Waals surface area (Å²) >= 11 is 0. The average molecular weight is 221 g/mol. The van der Waals surface area contributed by atoms with E-state index in [0.29, 0.717) is 23.8 Å². The molecule has 1 amide bonds. The minimum atomic E-state index is -0.0421. The first-order valence-corrected chi connectivity index (χ1v) is 5.55. The van der Waals surface area contributed by atoms with Crippen molar-refractivity contribution in [2.45, 2.75) is 20.3 Å². The molecule has 88 valence electrons. The highest BCUT2D eigenvalue weighted by molar-refractivity contribution is 5.94. The lowest BCUT2D eigenvalue weighted by Gasteiger charge is -2.07. The maximum atomic E-state index is 11.7. The number of nitrogens with zero attached hydrogens (tertiary/aromatic N) is 1. The fourth-order valence-corrected chi connectivity index (χ4v) is 1.28. The molecule has 0 unspecified atom stereocenters. The van der Waals surface area contributed by atoms with Crippen LogP contribution >= 0.6 is 0 Å². The van der Waals surface area contributed by atoms with Gasteiger partial charge in [0.15, 0.2) is 0 Å². The molecule has 1 heterocycles. The molecule has 0 aliphatic heterocycles. The van der Waals surface area contributed by atoms with Gasteiger partial charge in [-0.25, -0.2) is 4.98 Å². The van der Waals surface area contributed by atoms with Crippen LogP contribution in [0.4, 0.5) is 5.82 Å². The fourth-order valence-electron chi connectivity index (χ4n) is 1.28. The Morgan fingerprint density at radius 2 is 2.25 bits per heavy atom. The molecule has 1 aromatic rings. The van der Waals surface area contributed by atoms with Gasteiger partial charge in [0.25, 0.3) is 5.91 Å². The molecule has 0 aromatic carbocycles. The Hall–Kier alpha value is -1.58. The molecular formula is C12H19N3O. The third-order valence-corrected chi connectivity index (χ3v) is 2.29. The molecule has 0 atom stereocenters. The Bertz CT molecular complexity index is 350. The lowest BCUT2D eigenvalue weighted by Crippen LogP contribution is -2.25. The molecule has 0 spiro atoms. The van der Waals surface area contributed by atoms with Gasteiger partial charge in [0.2, 0.25) is 0 Å². The number of hydrogen-bond acceptors (Lipinski definition) is 3. The maximum Gasteiger partial charge on any atom is 0.251 e. The van der Waals surface area contributed by atoms with Crippen molar-refractivity contribution in [1.29, 1.82) is 0 Å². The molecule has 0 saturated carbocycles. The van der Waals surface area contributed by atoms with E-state index in [1.807, 2.05) is 0 Å². The molecule has 4 heteroatoms. The van der Waals surface area contributed by atoms with Gasteiger partial charge < -0.3 is 10.6 Å². The highest BCUT2D eigenvalue weighted by Gasteiger charge is 2.05. The van der Waals surface area contributed by atoms with E-state index in [1.165, 1.54) is 0 Å². The molecule has 0 radical (unpaired) electrons. The van der Waals surface area contributed by atoms with Crippen LogP contribution in [-0.2, 0) is 0 Å². The van der Waals surface area contributed by atoms with E-state index >= 15 is 0 Å². The number of amides is 1. The molecule has 16 heavy (non-hydrogen) atoms. The van der Waals surface area contributed by atoms with Crippen LogP contribution in [-0.4, -0.2) is 24.5 Å². The second kappa shape index (κ2) is 6.10. The number of carbonyl (C=O) groups is 1. The summed E-state index contributed by atoms with van der Waals surface area (Å²) in [5, 5.41) is 5.79. The highest BCUT2D eigenvalue weighted by atomic mass is 16.1. The van der Waals surface area contributed by atoms with Crippen molar-refractivity contribution in [3.8, 4) is 0 Å². The minimum absolute atomic E-state index is 0.0421. The standard InChI is InChI=1S/C12H19N3O/c1-9(2)4-6-15-12(16)10-5-7-14-11(8-10)13-3/h5,7-9H,4,6H2,1-3H3,(H,13,14)(H,15,16). The lowest BCUT2D eigenvalue weighted by atomic mass is 10.1. The molecule has 1 aromatic heterocycles. The predicted octanol–water partition coefficient (Wildman–Crippen LogP) is 1.90. The Morgan fingerprint density at radius 3 is 2.88 bits per heavy atom. The van der Waals surface area contributed by atoms with Crippen molar-refractivity contribution in [3.05, 3.63) is 23.9 Å². The summed E-state index contributed by atoms with van der Waals surface area (Å²) in [5.74, 6) is 1.27. The van der Waals surface area contributed by atoms with Gasteiger partial charge in [-0.3, -0.25) is 4.79 Å². The summed E-state index contributed by atoms with van der Waals surface area (Å²) in [4.78, 5) is 15.8. The number of anilines is 1. The van der Waals surface area contributed by atoms with E-state index in [1.54, 1.807) is 25.4 Å². The molecule has 2 N–H and O–H groups in total. The molecule has 0 saturated heterocycles. The van der Waals surface area contributed by atoms with Gasteiger partial charge in [-0.2, -0.15) is 0 Å². The smallest absolute Gasteiger partial charge is 0.251 e. The van der Waals surface area contributed by atoms with Crippen molar-refractivity contribution >= 4 is 11.7 Å². The fraction of sp³-hybridized carbons (Fsp3) is 0.500. The van der Waals surface area contributed by atoms with Gasteiger partial charge in [0, 0.05) is 25.4 Å². The van der Waals surface area contributed by atoms with Crippen molar-refractivity contribution < 1.29 is 4.79 Å². The van der Waals surface area contributed by atoms with E-state index in [2.05, 4.69) is 29.5 Å². The number of pyridine rings is 1. The zero-order chi connectivity index (χ0) is 12.0. The van der Waals surface area contributed by atoms with Crippen molar-refractivity contribution in [2.75, 3.05) is 18.9 Å². The number of carbonyl (C=O) groups excluding carboxylic acids is 1. The van der Waals surface area contributed by atoms with E-state index < -0.39 is 0 Å². The molecule has 0 fully saturated rings. The summed E-state index contributed by atoms with van der Waals surface area (Å²) < 4.78 is 0. The largest absolute Gasteiger partial charge is 0.373 e. The van der Waals surface area contributed by atoms with Crippen LogP contribution in [0.25, 0.3) is 0 Å². The van der Waals surface area contributed by atoms with Gasteiger partial charge in [0.05, 0.1) is 0 Å². The maximum absolute atomic E-state index is 11.7. The predicted molar refractivity (Wildman–Crippen MR) is 65.6 cm³/mol. The summed E-state index contributed by atoms with van der Waals surface area (Å²) in [6, 6.07) is 3.45. The first-order chi connectivity index (χ1) is 7.63. The normalized spacial score (nSPS) is 10.2. The van der Waals surface area contributed by atoms with Crippen molar-refractivity contribution in [2.24, 2.45) is 5.92 Å². The summed E-state index contributed by atoms with van der Waals surface area (Å²) in [6.07, 6.45) is 2.62. The number of hydrogen-bond donors (Lipinski definition) is 2. The number of nitrogens with one attached hydrogen (secondary N) is 2. The first-order valence-electron chi connectivity index (χ1n) is 5.55.